The zero-order chi connectivity index (χ0) is 10.7. The Balaban J connectivity index is 2.19. The summed E-state index contributed by atoms with van der Waals surface area (Å²) in [6.45, 7) is 0. The monoisotopic (exact) mass is 242 g/mol. The van der Waals surface area contributed by atoms with Crippen LogP contribution < -0.4 is 0 Å². The third-order valence-electron chi connectivity index (χ3n) is 3.21. The van der Waals surface area contributed by atoms with Crippen molar-refractivity contribution in [2.75, 3.05) is 0 Å². The maximum atomic E-state index is 6.03. The molecule has 1 aliphatic rings. The summed E-state index contributed by atoms with van der Waals surface area (Å²) in [6.07, 6.45) is 8.02. The lowest BCUT2D eigenvalue weighted by molar-refractivity contribution is 0.592. The Morgan fingerprint density at radius 1 is 0.800 bits per heavy atom. The topological polar surface area (TPSA) is 0 Å². The molecule has 0 N–H and O–H groups in total. The highest BCUT2D eigenvalue weighted by Crippen LogP contribution is 2.34. The first-order chi connectivity index (χ1) is 7.25. The predicted molar refractivity (Wildman–Crippen MR) is 66.9 cm³/mol. The molecule has 1 fully saturated rings. The van der Waals surface area contributed by atoms with Gasteiger partial charge in [0.15, 0.2) is 0 Å². The molecule has 82 valence electrons. The van der Waals surface area contributed by atoms with Crippen LogP contribution in [0.3, 0.4) is 0 Å². The van der Waals surface area contributed by atoms with Crippen LogP contribution in [0.15, 0.2) is 18.2 Å². The van der Waals surface area contributed by atoms with E-state index in [-0.39, 0.29) is 0 Å². The number of hydrogen-bond acceptors (Lipinski definition) is 0. The van der Waals surface area contributed by atoms with E-state index < -0.39 is 0 Å². The van der Waals surface area contributed by atoms with Gasteiger partial charge in [0, 0.05) is 10.0 Å². The number of halogens is 2. The average Bonchev–Trinajstić information content (AvgIpc) is 2.43. The second-order valence-electron chi connectivity index (χ2n) is 4.39. The Hall–Kier alpha value is -0.200. The van der Waals surface area contributed by atoms with Gasteiger partial charge in [-0.1, -0.05) is 48.9 Å². The van der Waals surface area contributed by atoms with Crippen molar-refractivity contribution in [3.8, 4) is 0 Å². The minimum atomic E-state index is 0.670. The van der Waals surface area contributed by atoms with Crippen molar-refractivity contribution in [1.29, 1.82) is 0 Å². The fourth-order valence-corrected chi connectivity index (χ4v) is 2.97. The van der Waals surface area contributed by atoms with Crippen molar-refractivity contribution in [3.05, 3.63) is 33.8 Å². The molecule has 0 bridgehead atoms. The second-order valence-corrected chi connectivity index (χ2v) is 5.26. The first kappa shape index (κ1) is 11.3. The van der Waals surface area contributed by atoms with Gasteiger partial charge in [0.25, 0.3) is 0 Å². The standard InChI is InChI=1S/C13H16Cl2/c14-12-7-11(8-13(15)9-12)10-5-3-1-2-4-6-10/h7-10H,1-6H2. The van der Waals surface area contributed by atoms with E-state index in [1.165, 1.54) is 44.1 Å². The minimum Gasteiger partial charge on any atom is -0.0843 e. The molecule has 1 aromatic carbocycles. The zero-order valence-corrected chi connectivity index (χ0v) is 10.3. The molecule has 2 heteroatoms. The predicted octanol–water partition coefficient (Wildman–Crippen LogP) is 5.43. The maximum absolute atomic E-state index is 6.03. The summed E-state index contributed by atoms with van der Waals surface area (Å²) in [5, 5.41) is 1.53. The van der Waals surface area contributed by atoms with Crippen LogP contribution in [0.5, 0.6) is 0 Å². The van der Waals surface area contributed by atoms with E-state index in [0.717, 1.165) is 10.0 Å². The van der Waals surface area contributed by atoms with Crippen molar-refractivity contribution in [2.45, 2.75) is 44.4 Å². The lowest BCUT2D eigenvalue weighted by Gasteiger charge is -2.15. The van der Waals surface area contributed by atoms with E-state index in [9.17, 15) is 0 Å². The van der Waals surface area contributed by atoms with Gasteiger partial charge in [-0.05, 0) is 42.5 Å². The summed E-state index contributed by atoms with van der Waals surface area (Å²) in [4.78, 5) is 0. The highest BCUT2D eigenvalue weighted by atomic mass is 35.5. The minimum absolute atomic E-state index is 0.670. The molecule has 0 heterocycles. The van der Waals surface area contributed by atoms with Crippen LogP contribution in [-0.2, 0) is 0 Å². The fraction of sp³-hybridized carbons (Fsp3) is 0.538. The Morgan fingerprint density at radius 2 is 1.33 bits per heavy atom. The molecular formula is C13H16Cl2. The maximum Gasteiger partial charge on any atom is 0.0423 e. The molecule has 0 nitrogen and oxygen atoms in total. The van der Waals surface area contributed by atoms with Gasteiger partial charge >= 0.3 is 0 Å². The summed E-state index contributed by atoms with van der Waals surface area (Å²) in [5.74, 6) is 0.670. The lowest BCUT2D eigenvalue weighted by atomic mass is 9.92. The lowest BCUT2D eigenvalue weighted by Crippen LogP contribution is -1.97. The van der Waals surface area contributed by atoms with Crippen LogP contribution in [0.1, 0.15) is 50.0 Å². The molecule has 0 saturated heterocycles. The molecule has 1 saturated carbocycles. The summed E-state index contributed by atoms with van der Waals surface area (Å²) in [5.41, 5.74) is 1.33. The van der Waals surface area contributed by atoms with Crippen LogP contribution in [0, 0.1) is 0 Å². The molecule has 1 aromatic rings. The van der Waals surface area contributed by atoms with E-state index in [1.54, 1.807) is 0 Å². The van der Waals surface area contributed by atoms with Gasteiger partial charge in [0.05, 0.1) is 0 Å². The van der Waals surface area contributed by atoms with Gasteiger partial charge in [-0.3, -0.25) is 0 Å². The van der Waals surface area contributed by atoms with Crippen molar-refractivity contribution < 1.29 is 0 Å². The summed E-state index contributed by atoms with van der Waals surface area (Å²) in [7, 11) is 0. The molecule has 0 aromatic heterocycles. The Kier molecular flexibility index (Phi) is 3.93. The van der Waals surface area contributed by atoms with E-state index in [0.29, 0.717) is 5.92 Å². The van der Waals surface area contributed by atoms with E-state index in [4.69, 9.17) is 23.2 Å². The van der Waals surface area contributed by atoms with Crippen LogP contribution in [0.2, 0.25) is 10.0 Å². The molecule has 15 heavy (non-hydrogen) atoms. The molecule has 0 unspecified atom stereocenters. The largest absolute Gasteiger partial charge is 0.0843 e. The van der Waals surface area contributed by atoms with Gasteiger partial charge in [0.2, 0.25) is 0 Å². The smallest absolute Gasteiger partial charge is 0.0423 e. The van der Waals surface area contributed by atoms with Gasteiger partial charge in [-0.15, -0.1) is 0 Å². The molecule has 2 rings (SSSR count). The normalized spacial score (nSPS) is 18.8. The second kappa shape index (κ2) is 5.23. The molecule has 0 spiro atoms. The quantitative estimate of drug-likeness (QED) is 0.577. The Bertz CT molecular complexity index is 305. The van der Waals surface area contributed by atoms with E-state index in [1.807, 2.05) is 6.07 Å². The van der Waals surface area contributed by atoms with Crippen LogP contribution >= 0.6 is 23.2 Å². The highest BCUT2D eigenvalue weighted by Gasteiger charge is 2.15. The third-order valence-corrected chi connectivity index (χ3v) is 3.65. The van der Waals surface area contributed by atoms with Gasteiger partial charge in [-0.2, -0.15) is 0 Å². The Morgan fingerprint density at radius 3 is 1.87 bits per heavy atom. The fourth-order valence-electron chi connectivity index (χ4n) is 2.42. The van der Waals surface area contributed by atoms with E-state index in [2.05, 4.69) is 12.1 Å². The molecular weight excluding hydrogens is 227 g/mol. The first-order valence-electron chi connectivity index (χ1n) is 5.72. The third kappa shape index (κ3) is 3.12. The van der Waals surface area contributed by atoms with Crippen LogP contribution in [0.4, 0.5) is 0 Å². The van der Waals surface area contributed by atoms with Crippen LogP contribution in [-0.4, -0.2) is 0 Å². The summed E-state index contributed by atoms with van der Waals surface area (Å²) < 4.78 is 0. The van der Waals surface area contributed by atoms with Crippen molar-refractivity contribution in [1.82, 2.24) is 0 Å². The Labute approximate surface area is 102 Å². The summed E-state index contributed by atoms with van der Waals surface area (Å²) in [6, 6.07) is 5.95. The van der Waals surface area contributed by atoms with Gasteiger partial charge in [-0.25, -0.2) is 0 Å². The number of benzene rings is 1. The number of hydrogen-bond donors (Lipinski definition) is 0. The summed E-state index contributed by atoms with van der Waals surface area (Å²) >= 11 is 12.1. The van der Waals surface area contributed by atoms with Crippen molar-refractivity contribution in [3.63, 3.8) is 0 Å². The first-order valence-corrected chi connectivity index (χ1v) is 6.47. The van der Waals surface area contributed by atoms with Gasteiger partial charge in [0.1, 0.15) is 0 Å². The van der Waals surface area contributed by atoms with Crippen LogP contribution in [0.25, 0.3) is 0 Å². The molecule has 0 radical (unpaired) electrons. The molecule has 0 atom stereocenters. The highest BCUT2D eigenvalue weighted by molar-refractivity contribution is 6.34. The van der Waals surface area contributed by atoms with Gasteiger partial charge < -0.3 is 0 Å². The molecule has 0 aliphatic heterocycles. The SMILES string of the molecule is Clc1cc(Cl)cc(C2CCCCCC2)c1. The molecule has 0 amide bonds. The number of rotatable bonds is 1. The zero-order valence-electron chi connectivity index (χ0n) is 8.81. The van der Waals surface area contributed by atoms with Crippen molar-refractivity contribution >= 4 is 23.2 Å². The van der Waals surface area contributed by atoms with Crippen molar-refractivity contribution in [2.24, 2.45) is 0 Å². The average molecular weight is 243 g/mol. The van der Waals surface area contributed by atoms with E-state index >= 15 is 0 Å². The molecule has 1 aliphatic carbocycles.